The highest BCUT2D eigenvalue weighted by atomic mass is 35.5. The van der Waals surface area contributed by atoms with Crippen LogP contribution in [0.25, 0.3) is 0 Å². The maximum Gasteiger partial charge on any atom is 0.224 e. The summed E-state index contributed by atoms with van der Waals surface area (Å²) in [5.41, 5.74) is 3.00. The van der Waals surface area contributed by atoms with E-state index in [-0.39, 0.29) is 42.7 Å². The summed E-state index contributed by atoms with van der Waals surface area (Å²) in [6, 6.07) is 24.0. The Bertz CT molecular complexity index is 1610. The van der Waals surface area contributed by atoms with Gasteiger partial charge in [-0.15, -0.1) is 0 Å². The summed E-state index contributed by atoms with van der Waals surface area (Å²) in [5.74, 6) is 0.707. The predicted molar refractivity (Wildman–Crippen MR) is 208 cm³/mol. The lowest BCUT2D eigenvalue weighted by Crippen LogP contribution is -2.20. The molecule has 2 aliphatic rings. The van der Waals surface area contributed by atoms with Gasteiger partial charge in [0.15, 0.2) is 0 Å². The summed E-state index contributed by atoms with van der Waals surface area (Å²) >= 11 is 23.3. The SMILES string of the molecule is C.O=C(CC1CCC(c2ccc(Cl)cc2F)CC1)Nc1ccc(Cl)cc1.O=C(CC1CCC(c2ccc(Cl)cc2F)CC1)Nc1ccc(Cl)cc1. The highest BCUT2D eigenvalue weighted by Gasteiger charge is 2.27. The van der Waals surface area contributed by atoms with Crippen LogP contribution in [0.1, 0.15) is 94.6 Å². The fourth-order valence-electron chi connectivity index (χ4n) is 7.04. The second kappa shape index (κ2) is 19.6. The van der Waals surface area contributed by atoms with Crippen LogP contribution in [0.15, 0.2) is 84.9 Å². The molecule has 6 rings (SSSR count). The molecule has 2 fully saturated rings. The Morgan fingerprint density at radius 1 is 0.510 bits per heavy atom. The van der Waals surface area contributed by atoms with Gasteiger partial charge in [0.1, 0.15) is 11.6 Å². The molecule has 272 valence electrons. The second-order valence-corrected chi connectivity index (χ2v) is 15.0. The van der Waals surface area contributed by atoms with Crippen LogP contribution in [0, 0.1) is 23.5 Å². The van der Waals surface area contributed by atoms with E-state index in [0.717, 1.165) is 73.9 Å². The zero-order valence-corrected chi connectivity index (χ0v) is 30.6. The first-order valence-electron chi connectivity index (χ1n) is 17.0. The van der Waals surface area contributed by atoms with Crippen molar-refractivity contribution in [3.05, 3.63) is 128 Å². The monoisotopic (exact) mass is 774 g/mol. The summed E-state index contributed by atoms with van der Waals surface area (Å²) in [5, 5.41) is 7.94. The average Bonchev–Trinajstić information content (AvgIpc) is 3.08. The van der Waals surface area contributed by atoms with Crippen molar-refractivity contribution in [1.29, 1.82) is 0 Å². The minimum atomic E-state index is -0.226. The van der Waals surface area contributed by atoms with E-state index < -0.39 is 0 Å². The molecule has 2 aliphatic carbocycles. The Labute approximate surface area is 320 Å². The molecule has 0 aromatic heterocycles. The van der Waals surface area contributed by atoms with Gasteiger partial charge in [0.25, 0.3) is 0 Å². The number of halogens is 6. The molecule has 2 N–H and O–H groups in total. The van der Waals surface area contributed by atoms with Crippen LogP contribution in [0.3, 0.4) is 0 Å². The molecule has 2 saturated carbocycles. The van der Waals surface area contributed by atoms with E-state index in [4.69, 9.17) is 46.4 Å². The lowest BCUT2D eigenvalue weighted by atomic mass is 9.77. The van der Waals surface area contributed by atoms with Gasteiger partial charge in [0.2, 0.25) is 11.8 Å². The number of rotatable bonds is 8. The third-order valence-electron chi connectivity index (χ3n) is 9.70. The van der Waals surface area contributed by atoms with Gasteiger partial charge >= 0.3 is 0 Å². The third kappa shape index (κ3) is 12.5. The molecule has 0 saturated heterocycles. The van der Waals surface area contributed by atoms with Crippen molar-refractivity contribution < 1.29 is 18.4 Å². The molecule has 51 heavy (non-hydrogen) atoms. The van der Waals surface area contributed by atoms with Crippen molar-refractivity contribution in [3.63, 3.8) is 0 Å². The molecule has 0 aliphatic heterocycles. The highest BCUT2D eigenvalue weighted by molar-refractivity contribution is 6.31. The summed E-state index contributed by atoms with van der Waals surface area (Å²) < 4.78 is 28.1. The van der Waals surface area contributed by atoms with Gasteiger partial charge in [-0.3, -0.25) is 9.59 Å². The first-order valence-corrected chi connectivity index (χ1v) is 18.5. The maximum absolute atomic E-state index is 14.1. The number of anilines is 2. The number of carbonyl (C=O) groups is 2. The molecule has 4 aromatic carbocycles. The molecule has 0 atom stereocenters. The number of amides is 2. The largest absolute Gasteiger partial charge is 0.326 e. The maximum atomic E-state index is 14.1. The zero-order chi connectivity index (χ0) is 35.6. The van der Waals surface area contributed by atoms with Crippen LogP contribution in [0.5, 0.6) is 0 Å². The van der Waals surface area contributed by atoms with Crippen LogP contribution >= 0.6 is 46.4 Å². The van der Waals surface area contributed by atoms with Crippen LogP contribution in [0.4, 0.5) is 20.2 Å². The summed E-state index contributed by atoms with van der Waals surface area (Å²) in [4.78, 5) is 24.4. The topological polar surface area (TPSA) is 58.2 Å². The highest BCUT2D eigenvalue weighted by Crippen LogP contribution is 2.40. The van der Waals surface area contributed by atoms with E-state index in [1.165, 1.54) is 12.1 Å². The minimum Gasteiger partial charge on any atom is -0.326 e. The van der Waals surface area contributed by atoms with Crippen molar-refractivity contribution in [3.8, 4) is 0 Å². The van der Waals surface area contributed by atoms with Gasteiger partial charge < -0.3 is 10.6 Å². The van der Waals surface area contributed by atoms with Gasteiger partial charge in [-0.2, -0.15) is 0 Å². The van der Waals surface area contributed by atoms with E-state index in [1.807, 2.05) is 0 Å². The smallest absolute Gasteiger partial charge is 0.224 e. The normalized spacial score (nSPS) is 19.9. The molecule has 0 spiro atoms. The Morgan fingerprint density at radius 3 is 1.14 bits per heavy atom. The Morgan fingerprint density at radius 2 is 0.824 bits per heavy atom. The van der Waals surface area contributed by atoms with Crippen LogP contribution in [-0.2, 0) is 9.59 Å². The van der Waals surface area contributed by atoms with Gasteiger partial charge in [-0.1, -0.05) is 66.0 Å². The van der Waals surface area contributed by atoms with Crippen LogP contribution < -0.4 is 10.6 Å². The van der Waals surface area contributed by atoms with Gasteiger partial charge in [0, 0.05) is 44.3 Å². The molecule has 4 nitrogen and oxygen atoms in total. The molecule has 2 amide bonds. The first-order chi connectivity index (χ1) is 24.0. The number of hydrogen-bond acceptors (Lipinski definition) is 2. The Kier molecular flexibility index (Phi) is 15.6. The molecule has 4 aromatic rings. The van der Waals surface area contributed by atoms with Gasteiger partial charge in [-0.25, -0.2) is 8.78 Å². The molecule has 10 heteroatoms. The number of nitrogens with one attached hydrogen (secondary N) is 2. The van der Waals surface area contributed by atoms with Crippen LogP contribution in [0.2, 0.25) is 20.1 Å². The van der Waals surface area contributed by atoms with E-state index in [0.29, 0.717) is 44.8 Å². The molecule has 0 bridgehead atoms. The lowest BCUT2D eigenvalue weighted by molar-refractivity contribution is -0.118. The zero-order valence-electron chi connectivity index (χ0n) is 27.5. The molecular formula is C41H44Cl4F2N2O2. The summed E-state index contributed by atoms with van der Waals surface area (Å²) in [7, 11) is 0. The molecular weight excluding hydrogens is 732 g/mol. The van der Waals surface area contributed by atoms with Crippen molar-refractivity contribution in [2.45, 2.75) is 83.5 Å². The van der Waals surface area contributed by atoms with E-state index in [1.54, 1.807) is 72.8 Å². The third-order valence-corrected chi connectivity index (χ3v) is 10.7. The van der Waals surface area contributed by atoms with Gasteiger partial charge in [-0.05, 0) is 159 Å². The number of carbonyl (C=O) groups excluding carboxylic acids is 2. The standard InChI is InChI=1S/2C20H20Cl2FNO.CH4/c2*21-15-5-8-17(9-6-15)24-20(25)11-13-1-3-14(4-2-13)18-10-7-16(22)12-19(18)23;/h2*5-10,12-14H,1-4,11H2,(H,24,25);1H4. The lowest BCUT2D eigenvalue weighted by Gasteiger charge is -2.28. The van der Waals surface area contributed by atoms with Crippen molar-refractivity contribution in [1.82, 2.24) is 0 Å². The fourth-order valence-corrected chi connectivity index (χ4v) is 7.60. The van der Waals surface area contributed by atoms with E-state index in [9.17, 15) is 18.4 Å². The minimum absolute atomic E-state index is 0. The van der Waals surface area contributed by atoms with Gasteiger partial charge in [0.05, 0.1) is 0 Å². The number of benzene rings is 4. The second-order valence-electron chi connectivity index (χ2n) is 13.3. The molecule has 0 heterocycles. The summed E-state index contributed by atoms with van der Waals surface area (Å²) in [6.07, 6.45) is 8.32. The van der Waals surface area contributed by atoms with Crippen molar-refractivity contribution in [2.24, 2.45) is 11.8 Å². The quantitative estimate of drug-likeness (QED) is 0.187. The predicted octanol–water partition coefficient (Wildman–Crippen LogP) is 13.5. The fraction of sp³-hybridized carbons (Fsp3) is 0.366. The van der Waals surface area contributed by atoms with Crippen molar-refractivity contribution >= 4 is 69.6 Å². The molecule has 0 unspecified atom stereocenters. The Balaban J connectivity index is 0.000000224. The van der Waals surface area contributed by atoms with Crippen molar-refractivity contribution in [2.75, 3.05) is 10.6 Å². The van der Waals surface area contributed by atoms with E-state index in [2.05, 4.69) is 10.6 Å². The first kappa shape index (κ1) is 40.6. The average molecular weight is 777 g/mol. The number of hydrogen-bond donors (Lipinski definition) is 2. The Hall–Kier alpha value is -3.16. The molecule has 0 radical (unpaired) electrons. The summed E-state index contributed by atoms with van der Waals surface area (Å²) in [6.45, 7) is 0. The van der Waals surface area contributed by atoms with Crippen LogP contribution in [-0.4, -0.2) is 11.8 Å². The van der Waals surface area contributed by atoms with E-state index >= 15 is 0 Å².